The molecule has 6 heteroatoms. The van der Waals surface area contributed by atoms with Gasteiger partial charge in [0.05, 0.1) is 18.2 Å². The van der Waals surface area contributed by atoms with Crippen LogP contribution in [0.3, 0.4) is 0 Å². The van der Waals surface area contributed by atoms with Gasteiger partial charge in [-0.1, -0.05) is 30.7 Å². The molecule has 2 rings (SSSR count). The minimum atomic E-state index is -0.180. The monoisotopic (exact) mass is 328 g/mol. The van der Waals surface area contributed by atoms with Gasteiger partial charge in [-0.3, -0.25) is 4.79 Å². The minimum absolute atomic E-state index is 0. The predicted molar refractivity (Wildman–Crippen MR) is 85.8 cm³/mol. The zero-order valence-electron chi connectivity index (χ0n) is 11.6. The van der Waals surface area contributed by atoms with Crippen LogP contribution >= 0.6 is 24.0 Å². The van der Waals surface area contributed by atoms with Gasteiger partial charge in [0.25, 0.3) is 5.91 Å². The van der Waals surface area contributed by atoms with Gasteiger partial charge in [-0.15, -0.1) is 12.4 Å². The van der Waals surface area contributed by atoms with Crippen LogP contribution in [0.15, 0.2) is 41.0 Å². The summed E-state index contributed by atoms with van der Waals surface area (Å²) in [4.78, 5) is 12.2. The van der Waals surface area contributed by atoms with E-state index >= 15 is 0 Å². The largest absolute Gasteiger partial charge is 0.467 e. The zero-order valence-corrected chi connectivity index (χ0v) is 13.2. The second-order valence-corrected chi connectivity index (χ2v) is 4.93. The Labute approximate surface area is 135 Å². The van der Waals surface area contributed by atoms with Crippen LogP contribution in [0.5, 0.6) is 0 Å². The Balaban J connectivity index is 0.00000220. The lowest BCUT2D eigenvalue weighted by Gasteiger charge is -2.17. The lowest BCUT2D eigenvalue weighted by Crippen LogP contribution is -2.27. The molecule has 1 aromatic carbocycles. The van der Waals surface area contributed by atoms with Gasteiger partial charge in [-0.2, -0.15) is 0 Å². The smallest absolute Gasteiger partial charge is 0.255 e. The highest BCUT2D eigenvalue weighted by atomic mass is 35.5. The standard InChI is InChI=1S/C15H17ClN2O2.ClH/c1-2-14(10-4-3-5-12(16)6-10)18-15(19)11-7-13(8-17)20-9-11;/h3-7,9,14H,2,8,17H2,1H3,(H,18,19);1H. The number of carbonyl (C=O) groups excluding carboxylic acids is 1. The van der Waals surface area contributed by atoms with Gasteiger partial charge in [-0.05, 0) is 30.2 Å². The first-order valence-corrected chi connectivity index (χ1v) is 6.85. The summed E-state index contributed by atoms with van der Waals surface area (Å²) < 4.78 is 5.17. The fourth-order valence-corrected chi connectivity index (χ4v) is 2.19. The number of rotatable bonds is 5. The van der Waals surface area contributed by atoms with Crippen LogP contribution in [0.2, 0.25) is 5.02 Å². The van der Waals surface area contributed by atoms with Crippen LogP contribution in [0, 0.1) is 0 Å². The molecule has 0 saturated heterocycles. The molecular weight excluding hydrogens is 311 g/mol. The third kappa shape index (κ3) is 4.49. The third-order valence-corrected chi connectivity index (χ3v) is 3.32. The molecule has 21 heavy (non-hydrogen) atoms. The Bertz CT molecular complexity index is 599. The Morgan fingerprint density at radius 3 is 2.76 bits per heavy atom. The fourth-order valence-electron chi connectivity index (χ4n) is 1.99. The number of nitrogens with two attached hydrogens (primary N) is 1. The van der Waals surface area contributed by atoms with E-state index in [0.717, 1.165) is 12.0 Å². The van der Waals surface area contributed by atoms with Crippen molar-refractivity contribution in [1.29, 1.82) is 0 Å². The highest BCUT2D eigenvalue weighted by Crippen LogP contribution is 2.21. The zero-order chi connectivity index (χ0) is 14.5. The molecule has 0 aliphatic carbocycles. The quantitative estimate of drug-likeness (QED) is 0.879. The maximum atomic E-state index is 12.2. The lowest BCUT2D eigenvalue weighted by molar-refractivity contribution is 0.0935. The Morgan fingerprint density at radius 1 is 1.43 bits per heavy atom. The molecule has 1 heterocycles. The van der Waals surface area contributed by atoms with E-state index in [4.69, 9.17) is 21.8 Å². The Hall–Kier alpha value is -1.49. The molecule has 0 aliphatic rings. The van der Waals surface area contributed by atoms with Crippen LogP contribution in [-0.4, -0.2) is 5.91 Å². The van der Waals surface area contributed by atoms with Crippen molar-refractivity contribution in [2.24, 2.45) is 5.73 Å². The average molecular weight is 329 g/mol. The van der Waals surface area contributed by atoms with Crippen molar-refractivity contribution in [3.63, 3.8) is 0 Å². The third-order valence-electron chi connectivity index (χ3n) is 3.08. The van der Waals surface area contributed by atoms with Gasteiger partial charge in [0.2, 0.25) is 0 Å². The second-order valence-electron chi connectivity index (χ2n) is 4.50. The molecule has 4 nitrogen and oxygen atoms in total. The number of halogens is 2. The maximum Gasteiger partial charge on any atom is 0.255 e. The van der Waals surface area contributed by atoms with Crippen LogP contribution in [0.4, 0.5) is 0 Å². The van der Waals surface area contributed by atoms with E-state index in [9.17, 15) is 4.79 Å². The highest BCUT2D eigenvalue weighted by Gasteiger charge is 2.16. The van der Waals surface area contributed by atoms with Gasteiger partial charge < -0.3 is 15.5 Å². The first kappa shape index (κ1) is 17.6. The van der Waals surface area contributed by atoms with E-state index in [2.05, 4.69) is 5.32 Å². The summed E-state index contributed by atoms with van der Waals surface area (Å²) in [6.07, 6.45) is 2.19. The lowest BCUT2D eigenvalue weighted by atomic mass is 10.0. The summed E-state index contributed by atoms with van der Waals surface area (Å²) in [5.74, 6) is 0.409. The second kappa shape index (κ2) is 8.08. The fraction of sp³-hybridized carbons (Fsp3) is 0.267. The number of amides is 1. The van der Waals surface area contributed by atoms with E-state index in [0.29, 0.717) is 16.3 Å². The van der Waals surface area contributed by atoms with Gasteiger partial charge in [-0.25, -0.2) is 0 Å². The number of hydrogen-bond donors (Lipinski definition) is 2. The van der Waals surface area contributed by atoms with Gasteiger partial charge in [0, 0.05) is 5.02 Å². The molecule has 1 unspecified atom stereocenters. The summed E-state index contributed by atoms with van der Waals surface area (Å²) in [5.41, 5.74) is 6.92. The molecule has 2 aromatic rings. The van der Waals surface area contributed by atoms with Crippen molar-refractivity contribution < 1.29 is 9.21 Å². The van der Waals surface area contributed by atoms with E-state index < -0.39 is 0 Å². The SMILES string of the molecule is CCC(NC(=O)c1coc(CN)c1)c1cccc(Cl)c1.Cl. The van der Waals surface area contributed by atoms with Crippen LogP contribution < -0.4 is 11.1 Å². The van der Waals surface area contributed by atoms with Crippen molar-refractivity contribution >= 4 is 29.9 Å². The van der Waals surface area contributed by atoms with Gasteiger partial charge in [0.1, 0.15) is 12.0 Å². The van der Waals surface area contributed by atoms with Crippen molar-refractivity contribution in [2.75, 3.05) is 0 Å². The van der Waals surface area contributed by atoms with Gasteiger partial charge >= 0.3 is 0 Å². The number of carbonyl (C=O) groups is 1. The Kier molecular flexibility index (Phi) is 6.75. The number of nitrogens with one attached hydrogen (secondary N) is 1. The first-order valence-electron chi connectivity index (χ1n) is 6.47. The normalized spacial score (nSPS) is 11.6. The number of benzene rings is 1. The van der Waals surface area contributed by atoms with Crippen molar-refractivity contribution in [3.05, 3.63) is 58.5 Å². The minimum Gasteiger partial charge on any atom is -0.467 e. The summed E-state index contributed by atoms with van der Waals surface area (Å²) in [6, 6.07) is 9.05. The van der Waals surface area contributed by atoms with Crippen molar-refractivity contribution in [2.45, 2.75) is 25.9 Å². The molecule has 0 spiro atoms. The molecule has 0 aliphatic heterocycles. The molecular formula is C15H18Cl2N2O2. The summed E-state index contributed by atoms with van der Waals surface area (Å²) in [5, 5.41) is 3.62. The summed E-state index contributed by atoms with van der Waals surface area (Å²) in [6.45, 7) is 2.28. The van der Waals surface area contributed by atoms with Crippen LogP contribution in [0.1, 0.15) is 41.1 Å². The van der Waals surface area contributed by atoms with E-state index in [-0.39, 0.29) is 30.9 Å². The van der Waals surface area contributed by atoms with Crippen LogP contribution in [-0.2, 0) is 6.54 Å². The molecule has 114 valence electrons. The van der Waals surface area contributed by atoms with E-state index in [1.807, 2.05) is 31.2 Å². The first-order chi connectivity index (χ1) is 9.63. The molecule has 3 N–H and O–H groups in total. The highest BCUT2D eigenvalue weighted by molar-refractivity contribution is 6.30. The number of hydrogen-bond acceptors (Lipinski definition) is 3. The number of furan rings is 1. The molecule has 0 radical (unpaired) electrons. The maximum absolute atomic E-state index is 12.2. The molecule has 0 bridgehead atoms. The molecule has 0 saturated carbocycles. The molecule has 1 atom stereocenters. The molecule has 1 aromatic heterocycles. The van der Waals surface area contributed by atoms with E-state index in [1.54, 1.807) is 6.07 Å². The Morgan fingerprint density at radius 2 is 2.19 bits per heavy atom. The summed E-state index contributed by atoms with van der Waals surface area (Å²) in [7, 11) is 0. The van der Waals surface area contributed by atoms with E-state index in [1.165, 1.54) is 6.26 Å². The molecule has 1 amide bonds. The van der Waals surface area contributed by atoms with Gasteiger partial charge in [0.15, 0.2) is 0 Å². The predicted octanol–water partition coefficient (Wildman–Crippen LogP) is 3.69. The average Bonchev–Trinajstić information content (AvgIpc) is 2.93. The summed E-state index contributed by atoms with van der Waals surface area (Å²) >= 11 is 5.98. The topological polar surface area (TPSA) is 68.3 Å². The van der Waals surface area contributed by atoms with Crippen molar-refractivity contribution in [1.82, 2.24) is 5.32 Å². The van der Waals surface area contributed by atoms with Crippen molar-refractivity contribution in [3.8, 4) is 0 Å². The molecule has 0 fully saturated rings. The van der Waals surface area contributed by atoms with Crippen LogP contribution in [0.25, 0.3) is 0 Å².